The molecule has 3 heteroatoms. The predicted molar refractivity (Wildman–Crippen MR) is 257 cm³/mol. The van der Waals surface area contributed by atoms with Gasteiger partial charge in [0.05, 0.1) is 11.7 Å². The van der Waals surface area contributed by atoms with Crippen LogP contribution in [0.5, 0.6) is 5.75 Å². The van der Waals surface area contributed by atoms with Crippen molar-refractivity contribution >= 4 is 34.0 Å². The van der Waals surface area contributed by atoms with Crippen LogP contribution in [0.1, 0.15) is 107 Å². The number of allylic oxidation sites excluding steroid dienone is 1. The summed E-state index contributed by atoms with van der Waals surface area (Å²) in [6.07, 6.45) is 12.1. The van der Waals surface area contributed by atoms with E-state index in [1.807, 2.05) is 0 Å². The van der Waals surface area contributed by atoms with Gasteiger partial charge in [0.2, 0.25) is 0 Å². The molecule has 2 aromatic heterocycles. The Morgan fingerprint density at radius 3 is 2.33 bits per heavy atom. The fourth-order valence-electron chi connectivity index (χ4n) is 12.4. The smallest absolute Gasteiger partial charge is 0.150 e. The summed E-state index contributed by atoms with van der Waals surface area (Å²) >= 11 is 0. The third kappa shape index (κ3) is 4.97. The lowest BCUT2D eigenvalue weighted by atomic mass is 9.79. The number of aromatic nitrogens is 1. The summed E-state index contributed by atoms with van der Waals surface area (Å²) in [6, 6.07) is 56.9. The number of hydrogen-bond donors (Lipinski definition) is 0. The Balaban J connectivity index is 0.892. The van der Waals surface area contributed by atoms with Crippen LogP contribution < -0.4 is 4.74 Å². The average Bonchev–Trinajstić information content (AvgIpc) is 4.03. The lowest BCUT2D eigenvalue weighted by Crippen LogP contribution is -2.21. The van der Waals surface area contributed by atoms with E-state index < -0.39 is 0 Å². The molecule has 63 heavy (non-hydrogen) atoms. The molecule has 4 unspecified atom stereocenters. The van der Waals surface area contributed by atoms with E-state index in [9.17, 15) is 0 Å². The highest BCUT2D eigenvalue weighted by Crippen LogP contribution is 2.55. The molecule has 0 fully saturated rings. The third-order valence-corrected chi connectivity index (χ3v) is 15.4. The Morgan fingerprint density at radius 1 is 0.619 bits per heavy atom. The van der Waals surface area contributed by atoms with E-state index in [1.165, 1.54) is 99.9 Å². The first kappa shape index (κ1) is 35.5. The molecule has 14 rings (SSSR count). The highest BCUT2D eigenvalue weighted by atomic mass is 16.5. The number of benzene rings is 7. The standard InChI is InChI=1S/C60H45NO2/c1-60(2)51-18-8-5-14-42(51)43-28-25-38(34-52(43)60)39-27-24-35-22-23-36(32-49(35)41-13-4-3-12-40(39)41)37-26-31-53-50(33-37)46-29-30-48-45-16-7-10-21-56(45)63-59(48)57(46)61(53)54-19-11-17-47-44-15-6-9-20-55(44)62-58(47)54/h3-18,20-23,25-26,28-34,39,48,54,59H,19,24,27H2,1-2H3. The molecule has 0 saturated carbocycles. The quantitative estimate of drug-likeness (QED) is 0.178. The van der Waals surface area contributed by atoms with E-state index in [4.69, 9.17) is 9.15 Å². The highest BCUT2D eigenvalue weighted by Gasteiger charge is 2.42. The molecule has 0 saturated heterocycles. The van der Waals surface area contributed by atoms with Crippen molar-refractivity contribution in [1.82, 2.24) is 4.57 Å². The van der Waals surface area contributed by atoms with Crippen LogP contribution in [-0.4, -0.2) is 4.57 Å². The minimum absolute atomic E-state index is 0.00188. The van der Waals surface area contributed by atoms with Crippen LogP contribution in [0, 0.1) is 0 Å². The van der Waals surface area contributed by atoms with Gasteiger partial charge in [-0.1, -0.05) is 159 Å². The Bertz CT molecular complexity index is 3480. The summed E-state index contributed by atoms with van der Waals surface area (Å²) < 4.78 is 16.3. The summed E-state index contributed by atoms with van der Waals surface area (Å²) in [5, 5.41) is 2.42. The van der Waals surface area contributed by atoms with Crippen molar-refractivity contribution in [3.05, 3.63) is 220 Å². The van der Waals surface area contributed by atoms with Crippen LogP contribution in [0.4, 0.5) is 0 Å². The van der Waals surface area contributed by atoms with Crippen LogP contribution >= 0.6 is 0 Å². The first-order valence-corrected chi connectivity index (χ1v) is 22.8. The zero-order chi connectivity index (χ0) is 41.6. The topological polar surface area (TPSA) is 27.3 Å². The van der Waals surface area contributed by atoms with Gasteiger partial charge in [-0.15, -0.1) is 0 Å². The molecular weight excluding hydrogens is 767 g/mol. The number of aryl methyl sites for hydroxylation is 1. The number of rotatable bonds is 3. The molecular formula is C60H45NO2. The average molecular weight is 812 g/mol. The van der Waals surface area contributed by atoms with Crippen LogP contribution in [0.25, 0.3) is 67.4 Å². The summed E-state index contributed by atoms with van der Waals surface area (Å²) in [5.41, 5.74) is 22.1. The van der Waals surface area contributed by atoms with Gasteiger partial charge in [-0.2, -0.15) is 0 Å². The minimum Gasteiger partial charge on any atom is -0.483 e. The van der Waals surface area contributed by atoms with Crippen molar-refractivity contribution in [3.8, 4) is 39.1 Å². The number of nitrogens with zero attached hydrogens (tertiary/aromatic N) is 1. The largest absolute Gasteiger partial charge is 0.483 e. The van der Waals surface area contributed by atoms with E-state index in [0.29, 0.717) is 5.92 Å². The maximum absolute atomic E-state index is 6.93. The van der Waals surface area contributed by atoms with Gasteiger partial charge in [0.1, 0.15) is 23.2 Å². The lowest BCUT2D eigenvalue weighted by Gasteiger charge is -2.28. The van der Waals surface area contributed by atoms with Crippen LogP contribution in [-0.2, 0) is 11.8 Å². The lowest BCUT2D eigenvalue weighted by molar-refractivity contribution is 0.210. The highest BCUT2D eigenvalue weighted by molar-refractivity contribution is 5.97. The molecule has 4 atom stereocenters. The maximum atomic E-state index is 6.93. The van der Waals surface area contributed by atoms with Crippen LogP contribution in [0.2, 0.25) is 0 Å². The Hall–Kier alpha value is -7.10. The molecule has 4 aliphatic carbocycles. The Kier molecular flexibility index (Phi) is 7.31. The molecule has 3 nitrogen and oxygen atoms in total. The fraction of sp³-hybridized carbons (Fsp3) is 0.167. The maximum Gasteiger partial charge on any atom is 0.150 e. The van der Waals surface area contributed by atoms with Gasteiger partial charge < -0.3 is 13.7 Å². The first-order valence-electron chi connectivity index (χ1n) is 22.8. The molecule has 0 N–H and O–H groups in total. The summed E-state index contributed by atoms with van der Waals surface area (Å²) in [4.78, 5) is 0. The van der Waals surface area contributed by atoms with Crippen molar-refractivity contribution < 1.29 is 9.15 Å². The van der Waals surface area contributed by atoms with Crippen molar-refractivity contribution in [2.24, 2.45) is 0 Å². The number of furan rings is 1. The SMILES string of the molecule is CC1(C)c2ccccc2-c2ccc(C3CCc4ccc(-c5ccc6c(c5)c5c(n6C6CC=Cc7c6oc6ccccc76)C6Oc7ccccc7C6C=C5)cc4-c4ccccc43)cc21. The molecule has 9 aromatic rings. The summed E-state index contributed by atoms with van der Waals surface area (Å²) in [5.74, 6) is 2.47. The molecule has 1 aliphatic heterocycles. The zero-order valence-corrected chi connectivity index (χ0v) is 35.4. The summed E-state index contributed by atoms with van der Waals surface area (Å²) in [7, 11) is 0. The van der Waals surface area contributed by atoms with Gasteiger partial charge in [-0.25, -0.2) is 0 Å². The Labute approximate surface area is 367 Å². The van der Waals surface area contributed by atoms with Crippen molar-refractivity contribution in [3.63, 3.8) is 0 Å². The van der Waals surface area contributed by atoms with E-state index in [-0.39, 0.29) is 23.5 Å². The monoisotopic (exact) mass is 811 g/mol. The second kappa shape index (κ2) is 13.0. The molecule has 0 radical (unpaired) electrons. The Morgan fingerprint density at radius 2 is 1.40 bits per heavy atom. The molecule has 0 bridgehead atoms. The van der Waals surface area contributed by atoms with Gasteiger partial charge in [0.25, 0.3) is 0 Å². The molecule has 0 spiro atoms. The van der Waals surface area contributed by atoms with Gasteiger partial charge >= 0.3 is 0 Å². The molecule has 0 amide bonds. The molecule has 302 valence electrons. The van der Waals surface area contributed by atoms with E-state index >= 15 is 0 Å². The second-order valence-electron chi connectivity index (χ2n) is 18.9. The van der Waals surface area contributed by atoms with Crippen molar-refractivity contribution in [2.45, 2.75) is 62.5 Å². The van der Waals surface area contributed by atoms with E-state index in [2.05, 4.69) is 194 Å². The molecule has 3 heterocycles. The normalized spacial score (nSPS) is 20.5. The van der Waals surface area contributed by atoms with Gasteiger partial charge in [0.15, 0.2) is 0 Å². The van der Waals surface area contributed by atoms with Crippen molar-refractivity contribution in [1.29, 1.82) is 0 Å². The van der Waals surface area contributed by atoms with Crippen molar-refractivity contribution in [2.75, 3.05) is 0 Å². The third-order valence-electron chi connectivity index (χ3n) is 15.4. The first-order chi connectivity index (χ1) is 31.0. The zero-order valence-electron chi connectivity index (χ0n) is 35.4. The van der Waals surface area contributed by atoms with E-state index in [0.717, 1.165) is 36.4 Å². The number of para-hydroxylation sites is 2. The minimum atomic E-state index is -0.124. The fourth-order valence-corrected chi connectivity index (χ4v) is 12.4. The second-order valence-corrected chi connectivity index (χ2v) is 18.9. The van der Waals surface area contributed by atoms with Crippen LogP contribution in [0.15, 0.2) is 168 Å². The number of ether oxygens (including phenoxy) is 1. The van der Waals surface area contributed by atoms with Gasteiger partial charge in [-0.05, 0) is 111 Å². The predicted octanol–water partition coefficient (Wildman–Crippen LogP) is 15.4. The van der Waals surface area contributed by atoms with E-state index in [1.54, 1.807) is 0 Å². The summed E-state index contributed by atoms with van der Waals surface area (Å²) in [6.45, 7) is 4.78. The number of hydrogen-bond acceptors (Lipinski definition) is 2. The van der Waals surface area contributed by atoms with Gasteiger partial charge in [0, 0.05) is 50.2 Å². The van der Waals surface area contributed by atoms with Crippen LogP contribution in [0.3, 0.4) is 0 Å². The number of fused-ring (bicyclic) bond motifs is 16. The molecule has 5 aliphatic rings. The van der Waals surface area contributed by atoms with Gasteiger partial charge in [-0.3, -0.25) is 0 Å². The molecule has 7 aromatic carbocycles.